The van der Waals surface area contributed by atoms with Gasteiger partial charge in [-0.25, -0.2) is 12.7 Å². The number of sulfonamides is 1. The second kappa shape index (κ2) is 7.43. The monoisotopic (exact) mass is 278 g/mol. The zero-order chi connectivity index (χ0) is 13.6. The lowest BCUT2D eigenvalue weighted by Gasteiger charge is -2.27. The Labute approximate surface area is 111 Å². The minimum Gasteiger partial charge on any atom is -0.396 e. The van der Waals surface area contributed by atoms with E-state index in [0.29, 0.717) is 25.4 Å². The van der Waals surface area contributed by atoms with Crippen LogP contribution < -0.4 is 0 Å². The van der Waals surface area contributed by atoms with Crippen LogP contribution >= 0.6 is 0 Å². The summed E-state index contributed by atoms with van der Waals surface area (Å²) in [5.74, 6) is 0.142. The summed E-state index contributed by atoms with van der Waals surface area (Å²) in [5.41, 5.74) is 0. The number of likely N-dealkylation sites (N-methyl/N-ethyl adjacent to an activating group) is 2. The SMILES string of the molecule is CCN1CCCC1CN(C)S(=O)(=O)CCCCO. The topological polar surface area (TPSA) is 60.9 Å². The Morgan fingerprint density at radius 3 is 2.72 bits per heavy atom. The van der Waals surface area contributed by atoms with Crippen LogP contribution in [0.4, 0.5) is 0 Å². The van der Waals surface area contributed by atoms with Crippen LogP contribution in [0.15, 0.2) is 0 Å². The van der Waals surface area contributed by atoms with E-state index in [1.54, 1.807) is 7.05 Å². The molecule has 1 unspecified atom stereocenters. The fourth-order valence-electron chi connectivity index (χ4n) is 2.48. The molecule has 0 aliphatic carbocycles. The predicted octanol–water partition coefficient (Wildman–Crippen LogP) is 0.505. The largest absolute Gasteiger partial charge is 0.396 e. The van der Waals surface area contributed by atoms with Crippen molar-refractivity contribution in [2.24, 2.45) is 0 Å². The molecule has 1 N–H and O–H groups in total. The van der Waals surface area contributed by atoms with E-state index in [1.165, 1.54) is 4.31 Å². The van der Waals surface area contributed by atoms with Gasteiger partial charge in [-0.2, -0.15) is 0 Å². The van der Waals surface area contributed by atoms with E-state index in [2.05, 4.69) is 11.8 Å². The van der Waals surface area contributed by atoms with E-state index in [1.807, 2.05) is 0 Å². The molecule has 1 aliphatic heterocycles. The standard InChI is InChI=1S/C12H26N2O3S/c1-3-14-8-6-7-12(14)11-13(2)18(16,17)10-5-4-9-15/h12,15H,3-11H2,1-2H3. The number of rotatable bonds is 8. The molecule has 0 spiro atoms. The van der Waals surface area contributed by atoms with Gasteiger partial charge < -0.3 is 5.11 Å². The summed E-state index contributed by atoms with van der Waals surface area (Å²) in [5, 5.41) is 8.68. The van der Waals surface area contributed by atoms with Crippen LogP contribution in [0.5, 0.6) is 0 Å². The molecule has 1 saturated heterocycles. The summed E-state index contributed by atoms with van der Waals surface area (Å²) in [6.45, 7) is 4.84. The predicted molar refractivity (Wildman–Crippen MR) is 73.0 cm³/mol. The highest BCUT2D eigenvalue weighted by atomic mass is 32.2. The van der Waals surface area contributed by atoms with Gasteiger partial charge in [-0.3, -0.25) is 4.90 Å². The van der Waals surface area contributed by atoms with Crippen molar-refractivity contribution in [3.8, 4) is 0 Å². The number of hydrogen-bond acceptors (Lipinski definition) is 4. The molecule has 5 nitrogen and oxygen atoms in total. The average Bonchev–Trinajstić information content (AvgIpc) is 2.76. The molecule has 18 heavy (non-hydrogen) atoms. The molecule has 1 aliphatic rings. The van der Waals surface area contributed by atoms with Gasteiger partial charge in [0.2, 0.25) is 10.0 Å². The van der Waals surface area contributed by atoms with Crippen molar-refractivity contribution in [1.82, 2.24) is 9.21 Å². The molecule has 1 heterocycles. The molecule has 0 saturated carbocycles. The van der Waals surface area contributed by atoms with Crippen LogP contribution in [0.3, 0.4) is 0 Å². The molecule has 0 radical (unpaired) electrons. The van der Waals surface area contributed by atoms with Crippen LogP contribution in [0.25, 0.3) is 0 Å². The van der Waals surface area contributed by atoms with E-state index < -0.39 is 10.0 Å². The van der Waals surface area contributed by atoms with Gasteiger partial charge in [-0.1, -0.05) is 6.92 Å². The summed E-state index contributed by atoms with van der Waals surface area (Å²) in [4.78, 5) is 2.35. The summed E-state index contributed by atoms with van der Waals surface area (Å²) in [7, 11) is -1.49. The van der Waals surface area contributed by atoms with Crippen molar-refractivity contribution in [3.05, 3.63) is 0 Å². The number of unbranched alkanes of at least 4 members (excludes halogenated alkanes) is 1. The van der Waals surface area contributed by atoms with Gasteiger partial charge in [-0.05, 0) is 38.8 Å². The zero-order valence-electron chi connectivity index (χ0n) is 11.5. The first-order valence-electron chi connectivity index (χ1n) is 6.80. The van der Waals surface area contributed by atoms with Crippen LogP contribution in [0, 0.1) is 0 Å². The smallest absolute Gasteiger partial charge is 0.213 e. The van der Waals surface area contributed by atoms with Crippen LogP contribution in [-0.2, 0) is 10.0 Å². The third-order valence-corrected chi connectivity index (χ3v) is 5.56. The summed E-state index contributed by atoms with van der Waals surface area (Å²) >= 11 is 0. The first-order valence-corrected chi connectivity index (χ1v) is 8.41. The van der Waals surface area contributed by atoms with E-state index in [4.69, 9.17) is 5.11 Å². The van der Waals surface area contributed by atoms with E-state index >= 15 is 0 Å². The third kappa shape index (κ3) is 4.50. The summed E-state index contributed by atoms with van der Waals surface area (Å²) in [6.07, 6.45) is 3.34. The van der Waals surface area contributed by atoms with Crippen LogP contribution in [0.2, 0.25) is 0 Å². The Hall–Kier alpha value is -0.170. The summed E-state index contributed by atoms with van der Waals surface area (Å²) < 4.78 is 25.5. The number of nitrogens with zero attached hydrogens (tertiary/aromatic N) is 2. The number of hydrogen-bond donors (Lipinski definition) is 1. The molecule has 0 bridgehead atoms. The minimum atomic E-state index is -3.16. The molecule has 0 aromatic rings. The lowest BCUT2D eigenvalue weighted by atomic mass is 10.2. The fourth-order valence-corrected chi connectivity index (χ4v) is 3.76. The van der Waals surface area contributed by atoms with Crippen molar-refractivity contribution in [1.29, 1.82) is 0 Å². The van der Waals surface area contributed by atoms with Crippen molar-refractivity contribution in [2.45, 2.75) is 38.6 Å². The molecule has 0 amide bonds. The molecule has 0 aromatic carbocycles. The Morgan fingerprint density at radius 2 is 2.11 bits per heavy atom. The lowest BCUT2D eigenvalue weighted by molar-refractivity contribution is 0.237. The first-order chi connectivity index (χ1) is 8.51. The Morgan fingerprint density at radius 1 is 1.39 bits per heavy atom. The molecular weight excluding hydrogens is 252 g/mol. The van der Waals surface area contributed by atoms with E-state index in [9.17, 15) is 8.42 Å². The average molecular weight is 278 g/mol. The number of aliphatic hydroxyl groups is 1. The highest BCUT2D eigenvalue weighted by Gasteiger charge is 2.27. The Balaban J connectivity index is 2.45. The van der Waals surface area contributed by atoms with Gasteiger partial charge in [0.15, 0.2) is 0 Å². The maximum atomic E-state index is 12.0. The highest BCUT2D eigenvalue weighted by Crippen LogP contribution is 2.18. The summed E-state index contributed by atoms with van der Waals surface area (Å²) in [6, 6.07) is 0.368. The minimum absolute atomic E-state index is 0.0610. The Bertz CT molecular complexity index is 332. The lowest BCUT2D eigenvalue weighted by Crippen LogP contribution is -2.41. The molecule has 1 rings (SSSR count). The zero-order valence-corrected chi connectivity index (χ0v) is 12.3. The van der Waals surface area contributed by atoms with Crippen molar-refractivity contribution in [3.63, 3.8) is 0 Å². The normalized spacial score (nSPS) is 21.9. The van der Waals surface area contributed by atoms with E-state index in [-0.39, 0.29) is 12.4 Å². The highest BCUT2D eigenvalue weighted by molar-refractivity contribution is 7.89. The molecule has 0 aromatic heterocycles. The van der Waals surface area contributed by atoms with Gasteiger partial charge in [0, 0.05) is 26.2 Å². The van der Waals surface area contributed by atoms with Gasteiger partial charge in [-0.15, -0.1) is 0 Å². The molecule has 6 heteroatoms. The molecule has 1 fully saturated rings. The van der Waals surface area contributed by atoms with Crippen molar-refractivity contribution in [2.75, 3.05) is 39.0 Å². The molecule has 1 atom stereocenters. The van der Waals surface area contributed by atoms with Crippen molar-refractivity contribution >= 4 is 10.0 Å². The fraction of sp³-hybridized carbons (Fsp3) is 1.00. The van der Waals surface area contributed by atoms with Gasteiger partial charge in [0.25, 0.3) is 0 Å². The Kier molecular flexibility index (Phi) is 6.55. The second-order valence-electron chi connectivity index (χ2n) is 4.95. The van der Waals surface area contributed by atoms with Gasteiger partial charge in [0.1, 0.15) is 0 Å². The number of likely N-dealkylation sites (tertiary alicyclic amines) is 1. The van der Waals surface area contributed by atoms with Crippen molar-refractivity contribution < 1.29 is 13.5 Å². The van der Waals surface area contributed by atoms with E-state index in [0.717, 1.165) is 25.9 Å². The maximum absolute atomic E-state index is 12.0. The van der Waals surface area contributed by atoms with Gasteiger partial charge in [0.05, 0.1) is 5.75 Å². The maximum Gasteiger partial charge on any atom is 0.213 e. The third-order valence-electron chi connectivity index (χ3n) is 3.66. The molecule has 108 valence electrons. The number of aliphatic hydroxyl groups excluding tert-OH is 1. The first kappa shape index (κ1) is 15.9. The molecular formula is C12H26N2O3S. The second-order valence-corrected chi connectivity index (χ2v) is 7.15. The van der Waals surface area contributed by atoms with Crippen LogP contribution in [0.1, 0.15) is 32.6 Å². The van der Waals surface area contributed by atoms with Gasteiger partial charge >= 0.3 is 0 Å². The van der Waals surface area contributed by atoms with Crippen LogP contribution in [-0.4, -0.2) is 67.8 Å². The quantitative estimate of drug-likeness (QED) is 0.657.